The van der Waals surface area contributed by atoms with Crippen LogP contribution >= 0.6 is 11.6 Å². The number of aryl methyl sites for hydroxylation is 1. The molecule has 4 rings (SSSR count). The van der Waals surface area contributed by atoms with Gasteiger partial charge in [0, 0.05) is 23.5 Å². The lowest BCUT2D eigenvalue weighted by Gasteiger charge is -2.02. The first-order valence-corrected chi connectivity index (χ1v) is 8.44. The molecule has 0 saturated heterocycles. The van der Waals surface area contributed by atoms with Gasteiger partial charge in [-0.15, -0.1) is 0 Å². The fourth-order valence-electron chi connectivity index (χ4n) is 3.14. The van der Waals surface area contributed by atoms with E-state index >= 15 is 0 Å². The second kappa shape index (κ2) is 6.14. The Labute approximate surface area is 146 Å². The molecular weight excluding hydrogens is 316 g/mol. The summed E-state index contributed by atoms with van der Waals surface area (Å²) in [6.45, 7) is 3.02. The van der Waals surface area contributed by atoms with Crippen LogP contribution in [-0.4, -0.2) is 9.55 Å². The Kier molecular flexibility index (Phi) is 3.83. The summed E-state index contributed by atoms with van der Waals surface area (Å²) in [6, 6.07) is 18.8. The first-order valence-electron chi connectivity index (χ1n) is 8.07. The zero-order chi connectivity index (χ0) is 16.5. The second-order valence-electron chi connectivity index (χ2n) is 5.79. The summed E-state index contributed by atoms with van der Waals surface area (Å²) in [5.74, 6) is 0. The van der Waals surface area contributed by atoms with E-state index < -0.39 is 0 Å². The Hall–Kier alpha value is -2.58. The monoisotopic (exact) mass is 332 g/mol. The lowest BCUT2D eigenvalue weighted by Crippen LogP contribution is -1.94. The van der Waals surface area contributed by atoms with E-state index in [1.54, 1.807) is 6.20 Å². The van der Waals surface area contributed by atoms with E-state index in [2.05, 4.69) is 59.0 Å². The number of benzene rings is 2. The molecule has 0 radical (unpaired) electrons. The molecule has 4 aromatic rings. The summed E-state index contributed by atoms with van der Waals surface area (Å²) < 4.78 is 2.23. The normalized spacial score (nSPS) is 11.8. The third-order valence-corrected chi connectivity index (χ3v) is 4.48. The maximum atomic E-state index is 6.17. The highest BCUT2D eigenvalue weighted by Crippen LogP contribution is 2.30. The first-order chi connectivity index (χ1) is 11.8. The lowest BCUT2D eigenvalue weighted by atomic mass is 10.1. The van der Waals surface area contributed by atoms with Crippen molar-refractivity contribution in [1.29, 1.82) is 0 Å². The van der Waals surface area contributed by atoms with Crippen molar-refractivity contribution in [3.8, 4) is 0 Å². The van der Waals surface area contributed by atoms with Crippen LogP contribution in [0.1, 0.15) is 18.1 Å². The molecule has 0 spiro atoms. The lowest BCUT2D eigenvalue weighted by molar-refractivity contribution is 0.816. The maximum absolute atomic E-state index is 6.17. The zero-order valence-electron chi connectivity index (χ0n) is 13.4. The Morgan fingerprint density at radius 3 is 2.54 bits per heavy atom. The van der Waals surface area contributed by atoms with E-state index in [4.69, 9.17) is 11.6 Å². The molecule has 24 heavy (non-hydrogen) atoms. The van der Waals surface area contributed by atoms with Crippen molar-refractivity contribution >= 4 is 45.7 Å². The molecule has 0 aliphatic heterocycles. The van der Waals surface area contributed by atoms with Crippen molar-refractivity contribution in [2.45, 2.75) is 13.5 Å². The maximum Gasteiger partial charge on any atom is 0.141 e. The van der Waals surface area contributed by atoms with Crippen LogP contribution in [0.25, 0.3) is 34.1 Å². The predicted octanol–water partition coefficient (Wildman–Crippen LogP) is 6.03. The fraction of sp³-hybridized carbons (Fsp3) is 0.0952. The van der Waals surface area contributed by atoms with Crippen LogP contribution in [0.5, 0.6) is 0 Å². The molecular formula is C21H17ClN2. The molecule has 0 fully saturated rings. The van der Waals surface area contributed by atoms with Gasteiger partial charge in [-0.2, -0.15) is 0 Å². The van der Waals surface area contributed by atoms with E-state index in [1.165, 1.54) is 22.0 Å². The van der Waals surface area contributed by atoms with Crippen LogP contribution in [0.4, 0.5) is 0 Å². The predicted molar refractivity (Wildman–Crippen MR) is 103 cm³/mol. The van der Waals surface area contributed by atoms with Gasteiger partial charge in [-0.05, 0) is 36.2 Å². The van der Waals surface area contributed by atoms with Crippen molar-refractivity contribution in [2.24, 2.45) is 0 Å². The van der Waals surface area contributed by atoms with E-state index in [0.29, 0.717) is 5.02 Å². The Balaban J connectivity index is 1.87. The quantitative estimate of drug-likeness (QED) is 0.418. The molecule has 2 nitrogen and oxygen atoms in total. The standard InChI is InChI=1S/C21H17ClN2/c1-2-24-20-11-10-16(9-8-15-6-4-3-5-7-15)12-18(20)19-13-17(22)14-23-21(19)24/h3-14H,2H2,1H3. The van der Waals surface area contributed by atoms with Crippen LogP contribution in [0.2, 0.25) is 5.02 Å². The van der Waals surface area contributed by atoms with Gasteiger partial charge in [0.05, 0.1) is 10.5 Å². The highest BCUT2D eigenvalue weighted by Gasteiger charge is 2.11. The topological polar surface area (TPSA) is 17.8 Å². The van der Waals surface area contributed by atoms with Crippen LogP contribution in [0.3, 0.4) is 0 Å². The SMILES string of the molecule is CCn1c2ccc(C=Cc3ccccc3)cc2c2cc(Cl)cnc21. The minimum Gasteiger partial charge on any atom is -0.326 e. The van der Waals surface area contributed by atoms with Crippen LogP contribution in [0, 0.1) is 0 Å². The smallest absolute Gasteiger partial charge is 0.141 e. The molecule has 118 valence electrons. The van der Waals surface area contributed by atoms with Crippen LogP contribution in [0.15, 0.2) is 60.8 Å². The number of nitrogens with zero attached hydrogens (tertiary/aromatic N) is 2. The van der Waals surface area contributed by atoms with Gasteiger partial charge in [0.15, 0.2) is 0 Å². The number of rotatable bonds is 3. The van der Waals surface area contributed by atoms with E-state index in [1.807, 2.05) is 24.3 Å². The summed E-state index contributed by atoms with van der Waals surface area (Å²) in [6.07, 6.45) is 5.98. The summed E-state index contributed by atoms with van der Waals surface area (Å²) in [7, 11) is 0. The molecule has 0 N–H and O–H groups in total. The summed E-state index contributed by atoms with van der Waals surface area (Å²) in [5, 5.41) is 2.97. The molecule has 0 unspecified atom stereocenters. The van der Waals surface area contributed by atoms with Crippen molar-refractivity contribution in [3.63, 3.8) is 0 Å². The molecule has 0 aliphatic rings. The van der Waals surface area contributed by atoms with Gasteiger partial charge < -0.3 is 4.57 Å². The summed E-state index contributed by atoms with van der Waals surface area (Å²) in [4.78, 5) is 4.52. The van der Waals surface area contributed by atoms with Gasteiger partial charge >= 0.3 is 0 Å². The molecule has 2 aromatic heterocycles. The molecule has 0 atom stereocenters. The van der Waals surface area contributed by atoms with Gasteiger partial charge in [-0.1, -0.05) is 60.2 Å². The molecule has 0 bridgehead atoms. The van der Waals surface area contributed by atoms with Crippen molar-refractivity contribution in [2.75, 3.05) is 0 Å². The molecule has 0 aliphatic carbocycles. The number of aromatic nitrogens is 2. The summed E-state index contributed by atoms with van der Waals surface area (Å²) in [5.41, 5.74) is 4.54. The van der Waals surface area contributed by atoms with Crippen molar-refractivity contribution in [1.82, 2.24) is 9.55 Å². The molecule has 2 aromatic carbocycles. The summed E-state index contributed by atoms with van der Waals surface area (Å²) >= 11 is 6.17. The fourth-order valence-corrected chi connectivity index (χ4v) is 3.30. The van der Waals surface area contributed by atoms with Crippen molar-refractivity contribution < 1.29 is 0 Å². The molecule has 2 heterocycles. The third-order valence-electron chi connectivity index (χ3n) is 4.27. The van der Waals surface area contributed by atoms with Gasteiger partial charge in [-0.25, -0.2) is 4.98 Å². The Bertz CT molecular complexity index is 1050. The molecule has 0 amide bonds. The number of fused-ring (bicyclic) bond motifs is 3. The second-order valence-corrected chi connectivity index (χ2v) is 6.23. The minimum atomic E-state index is 0.669. The van der Waals surface area contributed by atoms with Gasteiger partial charge in [-0.3, -0.25) is 0 Å². The number of hydrogen-bond donors (Lipinski definition) is 0. The van der Waals surface area contributed by atoms with Gasteiger partial charge in [0.2, 0.25) is 0 Å². The van der Waals surface area contributed by atoms with Crippen molar-refractivity contribution in [3.05, 3.63) is 76.9 Å². The largest absolute Gasteiger partial charge is 0.326 e. The van der Waals surface area contributed by atoms with Gasteiger partial charge in [0.25, 0.3) is 0 Å². The molecule has 0 saturated carbocycles. The van der Waals surface area contributed by atoms with Crippen LogP contribution < -0.4 is 0 Å². The average Bonchev–Trinajstić information content (AvgIpc) is 2.93. The highest BCUT2D eigenvalue weighted by atomic mass is 35.5. The van der Waals surface area contributed by atoms with Crippen LogP contribution in [-0.2, 0) is 6.54 Å². The average molecular weight is 333 g/mol. The van der Waals surface area contributed by atoms with Gasteiger partial charge in [0.1, 0.15) is 5.65 Å². The number of halogens is 1. The number of pyridine rings is 1. The number of hydrogen-bond acceptors (Lipinski definition) is 1. The Morgan fingerprint density at radius 1 is 0.958 bits per heavy atom. The zero-order valence-corrected chi connectivity index (χ0v) is 14.2. The minimum absolute atomic E-state index is 0.669. The van der Waals surface area contributed by atoms with E-state index in [9.17, 15) is 0 Å². The van der Waals surface area contributed by atoms with E-state index in [0.717, 1.165) is 17.6 Å². The first kappa shape index (κ1) is 15.0. The highest BCUT2D eigenvalue weighted by molar-refractivity contribution is 6.31. The Morgan fingerprint density at radius 2 is 1.75 bits per heavy atom. The molecule has 3 heteroatoms. The van der Waals surface area contributed by atoms with E-state index in [-0.39, 0.29) is 0 Å². The third kappa shape index (κ3) is 2.59.